The molecule has 1 aliphatic rings. The Balaban J connectivity index is 2.19. The molecule has 0 aromatic heterocycles. The second kappa shape index (κ2) is 6.44. The minimum Gasteiger partial charge on any atom is -0.306 e. The fourth-order valence-corrected chi connectivity index (χ4v) is 2.03. The van der Waals surface area contributed by atoms with Crippen molar-refractivity contribution in [1.29, 1.82) is 0 Å². The number of piperidine rings is 1. The number of hydrogen-bond donors (Lipinski definition) is 0. The van der Waals surface area contributed by atoms with E-state index in [1.54, 1.807) is 0 Å². The largest absolute Gasteiger partial charge is 0.306 e. The van der Waals surface area contributed by atoms with Crippen molar-refractivity contribution in [3.8, 4) is 0 Å². The average molecular weight is 217 g/mol. The first-order valence-electron chi connectivity index (χ1n) is 5.33. The molecule has 0 atom stereocenters. The van der Waals surface area contributed by atoms with Crippen LogP contribution in [0.5, 0.6) is 0 Å². The fraction of sp³-hybridized carbons (Fsp3) is 0.818. The maximum atomic E-state index is 5.57. The van der Waals surface area contributed by atoms with E-state index in [2.05, 4.69) is 30.0 Å². The highest BCUT2D eigenvalue weighted by Gasteiger charge is 2.19. The van der Waals surface area contributed by atoms with Crippen LogP contribution in [-0.2, 0) is 0 Å². The summed E-state index contributed by atoms with van der Waals surface area (Å²) in [6.07, 6.45) is 6.78. The number of halogens is 1. The van der Waals surface area contributed by atoms with Gasteiger partial charge in [0.25, 0.3) is 0 Å². The first kappa shape index (κ1) is 12.0. The van der Waals surface area contributed by atoms with Crippen LogP contribution in [0.3, 0.4) is 0 Å². The molecule has 0 aromatic rings. The molecule has 0 aliphatic carbocycles. The molecule has 82 valence electrons. The van der Waals surface area contributed by atoms with Crippen molar-refractivity contribution in [3.05, 3.63) is 12.2 Å². The minimum absolute atomic E-state index is 0.633. The predicted molar refractivity (Wildman–Crippen MR) is 63.0 cm³/mol. The summed E-state index contributed by atoms with van der Waals surface area (Å²) in [5, 5.41) is 0. The minimum atomic E-state index is 0.633. The highest BCUT2D eigenvalue weighted by atomic mass is 35.5. The Morgan fingerprint density at radius 2 is 1.93 bits per heavy atom. The first-order valence-corrected chi connectivity index (χ1v) is 5.87. The number of nitrogens with zero attached hydrogens (tertiary/aromatic N) is 2. The van der Waals surface area contributed by atoms with Crippen molar-refractivity contribution >= 4 is 11.6 Å². The molecule has 0 aromatic carbocycles. The van der Waals surface area contributed by atoms with Crippen LogP contribution >= 0.6 is 11.6 Å². The summed E-state index contributed by atoms with van der Waals surface area (Å²) >= 11 is 5.57. The Hall–Kier alpha value is -0.0500. The normalized spacial score (nSPS) is 21.1. The monoisotopic (exact) mass is 216 g/mol. The van der Waals surface area contributed by atoms with Gasteiger partial charge in [0, 0.05) is 18.5 Å². The Morgan fingerprint density at radius 1 is 1.29 bits per heavy atom. The van der Waals surface area contributed by atoms with Crippen molar-refractivity contribution in [2.24, 2.45) is 0 Å². The van der Waals surface area contributed by atoms with Gasteiger partial charge in [0.1, 0.15) is 0 Å². The van der Waals surface area contributed by atoms with Crippen LogP contribution in [0.25, 0.3) is 0 Å². The van der Waals surface area contributed by atoms with E-state index in [0.29, 0.717) is 5.88 Å². The third-order valence-electron chi connectivity index (χ3n) is 2.91. The van der Waals surface area contributed by atoms with Gasteiger partial charge in [0.05, 0.1) is 0 Å². The molecule has 1 saturated heterocycles. The summed E-state index contributed by atoms with van der Waals surface area (Å²) in [5.41, 5.74) is 0. The number of rotatable bonds is 4. The Morgan fingerprint density at radius 3 is 2.43 bits per heavy atom. The number of alkyl halides is 1. The topological polar surface area (TPSA) is 6.48 Å². The van der Waals surface area contributed by atoms with Gasteiger partial charge in [-0.05, 0) is 40.0 Å². The molecule has 3 heteroatoms. The molecule has 0 saturated carbocycles. The van der Waals surface area contributed by atoms with E-state index < -0.39 is 0 Å². The van der Waals surface area contributed by atoms with Gasteiger partial charge in [0.2, 0.25) is 0 Å². The van der Waals surface area contributed by atoms with Crippen LogP contribution in [0.1, 0.15) is 12.8 Å². The molecular formula is C11H21ClN2. The van der Waals surface area contributed by atoms with Gasteiger partial charge in [-0.3, -0.25) is 4.90 Å². The lowest BCUT2D eigenvalue weighted by atomic mass is 10.0. The molecule has 0 N–H and O–H groups in total. The summed E-state index contributed by atoms with van der Waals surface area (Å²) in [6.45, 7) is 3.50. The summed E-state index contributed by atoms with van der Waals surface area (Å²) in [4.78, 5) is 4.83. The molecule has 1 fully saturated rings. The Kier molecular flexibility index (Phi) is 5.53. The van der Waals surface area contributed by atoms with Crippen molar-refractivity contribution in [3.63, 3.8) is 0 Å². The number of allylic oxidation sites excluding steroid dienone is 1. The van der Waals surface area contributed by atoms with Gasteiger partial charge >= 0.3 is 0 Å². The van der Waals surface area contributed by atoms with Crippen molar-refractivity contribution in [1.82, 2.24) is 9.80 Å². The van der Waals surface area contributed by atoms with Gasteiger partial charge in [-0.15, -0.1) is 11.6 Å². The van der Waals surface area contributed by atoms with Crippen molar-refractivity contribution < 1.29 is 0 Å². The van der Waals surface area contributed by atoms with E-state index in [4.69, 9.17) is 11.6 Å². The van der Waals surface area contributed by atoms with Crippen molar-refractivity contribution in [2.45, 2.75) is 18.9 Å². The van der Waals surface area contributed by atoms with E-state index in [1.807, 2.05) is 6.08 Å². The molecule has 2 nitrogen and oxygen atoms in total. The zero-order chi connectivity index (χ0) is 10.4. The molecular weight excluding hydrogens is 196 g/mol. The molecule has 14 heavy (non-hydrogen) atoms. The zero-order valence-electron chi connectivity index (χ0n) is 9.25. The van der Waals surface area contributed by atoms with Gasteiger partial charge in [-0.25, -0.2) is 0 Å². The van der Waals surface area contributed by atoms with E-state index in [-0.39, 0.29) is 0 Å². The van der Waals surface area contributed by atoms with Crippen molar-refractivity contribution in [2.75, 3.05) is 39.6 Å². The number of hydrogen-bond acceptors (Lipinski definition) is 2. The van der Waals surface area contributed by atoms with Crippen LogP contribution in [0.2, 0.25) is 0 Å². The van der Waals surface area contributed by atoms with Gasteiger partial charge < -0.3 is 4.90 Å². The third-order valence-corrected chi connectivity index (χ3v) is 3.08. The molecule has 0 unspecified atom stereocenters. The smallest absolute Gasteiger partial charge is 0.0404 e. The summed E-state index contributed by atoms with van der Waals surface area (Å²) < 4.78 is 0. The molecule has 1 aliphatic heterocycles. The van der Waals surface area contributed by atoms with Gasteiger partial charge in [-0.2, -0.15) is 0 Å². The zero-order valence-corrected chi connectivity index (χ0v) is 10.0. The molecule has 0 bridgehead atoms. The predicted octanol–water partition coefficient (Wildman–Crippen LogP) is 1.81. The summed E-state index contributed by atoms with van der Waals surface area (Å²) in [5.74, 6) is 0.633. The third kappa shape index (κ3) is 3.99. The van der Waals surface area contributed by atoms with Crippen LogP contribution < -0.4 is 0 Å². The highest BCUT2D eigenvalue weighted by Crippen LogP contribution is 2.13. The van der Waals surface area contributed by atoms with Crippen LogP contribution in [0, 0.1) is 0 Å². The Bertz CT molecular complexity index is 172. The van der Waals surface area contributed by atoms with Gasteiger partial charge in [0.15, 0.2) is 0 Å². The lowest BCUT2D eigenvalue weighted by molar-refractivity contribution is 0.155. The first-order chi connectivity index (χ1) is 6.74. The molecule has 0 amide bonds. The quantitative estimate of drug-likeness (QED) is 0.523. The molecule has 1 heterocycles. The summed E-state index contributed by atoms with van der Waals surface area (Å²) in [6, 6.07) is 0.781. The molecule has 1 rings (SSSR count). The fourth-order valence-electron chi connectivity index (χ4n) is 1.90. The lowest BCUT2D eigenvalue weighted by Crippen LogP contribution is -2.41. The number of likely N-dealkylation sites (tertiary alicyclic amines) is 1. The van der Waals surface area contributed by atoms with E-state index in [0.717, 1.165) is 12.6 Å². The second-order valence-corrected chi connectivity index (χ2v) is 4.43. The molecule has 0 radical (unpaired) electrons. The maximum Gasteiger partial charge on any atom is 0.0404 e. The SMILES string of the molecule is CN(C)C1CCN(CC=CCCl)CC1. The van der Waals surface area contributed by atoms with E-state index in [1.165, 1.54) is 25.9 Å². The standard InChI is InChI=1S/C11H21ClN2/c1-13(2)11-5-9-14(10-6-11)8-4-3-7-12/h3-4,11H,5-10H2,1-2H3. The highest BCUT2D eigenvalue weighted by molar-refractivity contribution is 6.18. The van der Waals surface area contributed by atoms with Crippen LogP contribution in [0.4, 0.5) is 0 Å². The van der Waals surface area contributed by atoms with Gasteiger partial charge in [-0.1, -0.05) is 12.2 Å². The van der Waals surface area contributed by atoms with E-state index in [9.17, 15) is 0 Å². The lowest BCUT2D eigenvalue weighted by Gasteiger charge is -2.34. The van der Waals surface area contributed by atoms with Crippen LogP contribution in [-0.4, -0.2) is 55.5 Å². The molecule has 0 spiro atoms. The average Bonchev–Trinajstić information content (AvgIpc) is 2.19. The Labute approximate surface area is 92.5 Å². The maximum absolute atomic E-state index is 5.57. The van der Waals surface area contributed by atoms with E-state index >= 15 is 0 Å². The summed E-state index contributed by atoms with van der Waals surface area (Å²) in [7, 11) is 4.35. The second-order valence-electron chi connectivity index (χ2n) is 4.12. The van der Waals surface area contributed by atoms with Crippen LogP contribution in [0.15, 0.2) is 12.2 Å².